The van der Waals surface area contributed by atoms with E-state index >= 15 is 0 Å². The van der Waals surface area contributed by atoms with Gasteiger partial charge in [0.15, 0.2) is 0 Å². The van der Waals surface area contributed by atoms with E-state index in [0.29, 0.717) is 11.8 Å². The van der Waals surface area contributed by atoms with E-state index < -0.39 is 0 Å². The quantitative estimate of drug-likeness (QED) is 0.512. The van der Waals surface area contributed by atoms with E-state index in [4.69, 9.17) is 4.74 Å². The Kier molecular flexibility index (Phi) is 2.11. The van der Waals surface area contributed by atoms with Gasteiger partial charge in [0.25, 0.3) is 0 Å². The zero-order valence-electron chi connectivity index (χ0n) is 9.02. The molecule has 0 aliphatic heterocycles. The van der Waals surface area contributed by atoms with Gasteiger partial charge >= 0.3 is 5.97 Å². The van der Waals surface area contributed by atoms with E-state index in [1.165, 1.54) is 38.2 Å². The minimum Gasteiger partial charge on any atom is -0.459 e. The van der Waals surface area contributed by atoms with Gasteiger partial charge in [0, 0.05) is 6.08 Å². The third-order valence-corrected chi connectivity index (χ3v) is 4.56. The molecule has 4 aliphatic rings. The molecule has 82 valence electrons. The highest BCUT2D eigenvalue weighted by molar-refractivity contribution is 5.81. The van der Waals surface area contributed by atoms with Crippen molar-refractivity contribution in [1.82, 2.24) is 0 Å². The van der Waals surface area contributed by atoms with Gasteiger partial charge in [0.1, 0.15) is 6.10 Å². The molecule has 0 radical (unpaired) electrons. The third kappa shape index (κ3) is 1.51. The van der Waals surface area contributed by atoms with Crippen molar-refractivity contribution < 1.29 is 9.53 Å². The summed E-state index contributed by atoms with van der Waals surface area (Å²) in [6.07, 6.45) is 8.12. The van der Waals surface area contributed by atoms with E-state index in [1.54, 1.807) is 0 Å². The van der Waals surface area contributed by atoms with Crippen molar-refractivity contribution in [1.29, 1.82) is 0 Å². The summed E-state index contributed by atoms with van der Waals surface area (Å²) in [5.74, 6) is 2.96. The van der Waals surface area contributed by atoms with Crippen LogP contribution in [0.15, 0.2) is 12.7 Å². The van der Waals surface area contributed by atoms with Gasteiger partial charge in [-0.2, -0.15) is 0 Å². The lowest BCUT2D eigenvalue weighted by Gasteiger charge is -2.53. The molecular weight excluding hydrogens is 188 g/mol. The second-order valence-electron chi connectivity index (χ2n) is 5.54. The molecule has 4 aliphatic carbocycles. The van der Waals surface area contributed by atoms with Crippen LogP contribution in [0, 0.1) is 23.7 Å². The number of hydrogen-bond acceptors (Lipinski definition) is 2. The average Bonchev–Trinajstić information content (AvgIpc) is 2.22. The lowest BCUT2D eigenvalue weighted by atomic mass is 9.55. The molecule has 0 saturated heterocycles. The van der Waals surface area contributed by atoms with E-state index in [0.717, 1.165) is 11.8 Å². The van der Waals surface area contributed by atoms with E-state index in [2.05, 4.69) is 6.58 Å². The van der Waals surface area contributed by atoms with Crippen LogP contribution in [0.3, 0.4) is 0 Å². The number of ether oxygens (including phenoxy) is 1. The zero-order chi connectivity index (χ0) is 10.4. The van der Waals surface area contributed by atoms with Crippen molar-refractivity contribution in [2.45, 2.75) is 38.2 Å². The Morgan fingerprint density at radius 3 is 2.07 bits per heavy atom. The SMILES string of the molecule is C=CC(=O)OC1C2CC3CC(C2)CC1C3. The summed E-state index contributed by atoms with van der Waals surface area (Å²) < 4.78 is 5.52. The number of hydrogen-bond donors (Lipinski definition) is 0. The lowest BCUT2D eigenvalue weighted by Crippen LogP contribution is -2.49. The summed E-state index contributed by atoms with van der Waals surface area (Å²) in [6, 6.07) is 0. The Morgan fingerprint density at radius 2 is 1.60 bits per heavy atom. The van der Waals surface area contributed by atoms with Crippen molar-refractivity contribution in [3.63, 3.8) is 0 Å². The lowest BCUT2D eigenvalue weighted by molar-refractivity contribution is -0.164. The zero-order valence-corrected chi connectivity index (χ0v) is 9.02. The monoisotopic (exact) mass is 206 g/mol. The molecular formula is C13H18O2. The molecule has 4 bridgehead atoms. The first-order valence-corrected chi connectivity index (χ1v) is 6.09. The molecule has 0 amide bonds. The largest absolute Gasteiger partial charge is 0.459 e. The first kappa shape index (κ1) is 9.44. The molecule has 0 N–H and O–H groups in total. The Balaban J connectivity index is 1.74. The van der Waals surface area contributed by atoms with E-state index in [1.807, 2.05) is 0 Å². The molecule has 15 heavy (non-hydrogen) atoms. The second kappa shape index (κ2) is 3.36. The summed E-state index contributed by atoms with van der Waals surface area (Å²) >= 11 is 0. The molecule has 2 nitrogen and oxygen atoms in total. The molecule has 0 spiro atoms. The molecule has 0 aromatic carbocycles. The first-order valence-electron chi connectivity index (χ1n) is 6.09. The van der Waals surface area contributed by atoms with Crippen molar-refractivity contribution in [3.8, 4) is 0 Å². The fraction of sp³-hybridized carbons (Fsp3) is 0.769. The second-order valence-corrected chi connectivity index (χ2v) is 5.54. The van der Waals surface area contributed by atoms with Gasteiger partial charge in [0.2, 0.25) is 0 Å². The molecule has 2 heteroatoms. The van der Waals surface area contributed by atoms with Crippen molar-refractivity contribution in [3.05, 3.63) is 12.7 Å². The van der Waals surface area contributed by atoms with E-state index in [9.17, 15) is 4.79 Å². The number of carbonyl (C=O) groups is 1. The minimum atomic E-state index is -0.229. The van der Waals surface area contributed by atoms with Gasteiger partial charge in [-0.1, -0.05) is 6.58 Å². The van der Waals surface area contributed by atoms with Crippen LogP contribution in [-0.4, -0.2) is 12.1 Å². The normalized spacial score (nSPS) is 46.5. The smallest absolute Gasteiger partial charge is 0.330 e. The fourth-order valence-electron chi connectivity index (χ4n) is 4.25. The van der Waals surface area contributed by atoms with Crippen molar-refractivity contribution >= 4 is 5.97 Å². The van der Waals surface area contributed by atoms with Gasteiger partial charge in [0.05, 0.1) is 0 Å². The van der Waals surface area contributed by atoms with Crippen LogP contribution in [0.4, 0.5) is 0 Å². The highest BCUT2D eigenvalue weighted by Crippen LogP contribution is 2.54. The average molecular weight is 206 g/mol. The molecule has 4 fully saturated rings. The molecule has 0 aromatic heterocycles. The summed E-state index contributed by atoms with van der Waals surface area (Å²) in [6.45, 7) is 3.47. The van der Waals surface area contributed by atoms with Gasteiger partial charge in [-0.05, 0) is 55.8 Å². The maximum Gasteiger partial charge on any atom is 0.330 e. The fourth-order valence-corrected chi connectivity index (χ4v) is 4.25. The van der Waals surface area contributed by atoms with Crippen LogP contribution in [0.1, 0.15) is 32.1 Å². The summed E-state index contributed by atoms with van der Waals surface area (Å²) in [7, 11) is 0. The predicted octanol–water partition coefficient (Wildman–Crippen LogP) is 2.54. The Hall–Kier alpha value is -0.790. The summed E-state index contributed by atoms with van der Waals surface area (Å²) in [5.41, 5.74) is 0. The van der Waals surface area contributed by atoms with Crippen LogP contribution in [0.5, 0.6) is 0 Å². The summed E-state index contributed by atoms with van der Waals surface area (Å²) in [5, 5.41) is 0. The van der Waals surface area contributed by atoms with Crippen LogP contribution in [0.25, 0.3) is 0 Å². The van der Waals surface area contributed by atoms with Crippen LogP contribution < -0.4 is 0 Å². The maximum atomic E-state index is 11.3. The first-order chi connectivity index (χ1) is 7.26. The van der Waals surface area contributed by atoms with Crippen molar-refractivity contribution in [2.75, 3.05) is 0 Å². The Labute approximate surface area is 90.7 Å². The van der Waals surface area contributed by atoms with Gasteiger partial charge in [-0.25, -0.2) is 4.79 Å². The topological polar surface area (TPSA) is 26.3 Å². The Morgan fingerprint density at radius 1 is 1.07 bits per heavy atom. The number of esters is 1. The molecule has 0 unspecified atom stereocenters. The summed E-state index contributed by atoms with van der Waals surface area (Å²) in [4.78, 5) is 11.3. The third-order valence-electron chi connectivity index (χ3n) is 4.56. The molecule has 4 rings (SSSR count). The van der Waals surface area contributed by atoms with Gasteiger partial charge in [-0.15, -0.1) is 0 Å². The van der Waals surface area contributed by atoms with Gasteiger partial charge < -0.3 is 4.74 Å². The maximum absolute atomic E-state index is 11.3. The highest BCUT2D eigenvalue weighted by atomic mass is 16.5. The standard InChI is InChI=1S/C13H18O2/c1-2-12(14)15-13-10-4-8-3-9(6-10)7-11(13)5-8/h2,8-11,13H,1,3-7H2. The van der Waals surface area contributed by atoms with Crippen molar-refractivity contribution in [2.24, 2.45) is 23.7 Å². The number of carbonyl (C=O) groups excluding carboxylic acids is 1. The molecule has 0 aromatic rings. The van der Waals surface area contributed by atoms with Crippen LogP contribution in [0.2, 0.25) is 0 Å². The Bertz CT molecular complexity index is 267. The molecule has 0 heterocycles. The highest BCUT2D eigenvalue weighted by Gasteiger charge is 2.49. The van der Waals surface area contributed by atoms with Crippen LogP contribution in [-0.2, 0) is 9.53 Å². The van der Waals surface area contributed by atoms with Gasteiger partial charge in [-0.3, -0.25) is 0 Å². The van der Waals surface area contributed by atoms with Crippen LogP contribution >= 0.6 is 0 Å². The molecule has 0 atom stereocenters. The predicted molar refractivity (Wildman–Crippen MR) is 57.1 cm³/mol. The minimum absolute atomic E-state index is 0.211. The number of rotatable bonds is 2. The van der Waals surface area contributed by atoms with E-state index in [-0.39, 0.29) is 12.1 Å². The molecule has 4 saturated carbocycles.